The summed E-state index contributed by atoms with van der Waals surface area (Å²) in [6.07, 6.45) is 0.999. The molecular weight excluding hydrogens is 232 g/mol. The maximum absolute atomic E-state index is 11.9. The van der Waals surface area contributed by atoms with Gasteiger partial charge in [0.05, 0.1) is 6.54 Å². The quantitative estimate of drug-likeness (QED) is 0.826. The monoisotopic (exact) mass is 250 g/mol. The number of amides is 1. The lowest BCUT2D eigenvalue weighted by molar-refractivity contribution is -0.131. The van der Waals surface area contributed by atoms with Gasteiger partial charge in [0, 0.05) is 24.5 Å². The van der Waals surface area contributed by atoms with Crippen LogP contribution in [-0.2, 0) is 17.8 Å². The first kappa shape index (κ1) is 12.3. The molecule has 1 amide bonds. The minimum absolute atomic E-state index is 0.183. The fourth-order valence-electron chi connectivity index (χ4n) is 1.96. The Labute approximate surface area is 106 Å². The number of hydrogen-bond donors (Lipinski definition) is 1. The number of nitrogens with zero attached hydrogens (tertiary/aromatic N) is 1. The lowest BCUT2D eigenvalue weighted by Crippen LogP contribution is -2.41. The number of thiophene rings is 1. The van der Waals surface area contributed by atoms with Gasteiger partial charge in [-0.15, -0.1) is 11.3 Å². The Bertz CT molecular complexity index is 425. The van der Waals surface area contributed by atoms with E-state index in [4.69, 9.17) is 0 Å². The van der Waals surface area contributed by atoms with Crippen LogP contribution >= 0.6 is 11.3 Å². The van der Waals surface area contributed by atoms with Gasteiger partial charge in [-0.05, 0) is 30.4 Å². The number of hydrogen-bond acceptors (Lipinski definition) is 3. The fraction of sp³-hybridized carbons (Fsp3) is 0.462. The Morgan fingerprint density at radius 3 is 3.18 bits per heavy atom. The third-order valence-electron chi connectivity index (χ3n) is 2.86. The summed E-state index contributed by atoms with van der Waals surface area (Å²) in [7, 11) is 0. The molecule has 0 radical (unpaired) electrons. The first-order valence-electron chi connectivity index (χ1n) is 5.85. The van der Waals surface area contributed by atoms with Gasteiger partial charge in [-0.25, -0.2) is 0 Å². The van der Waals surface area contributed by atoms with Crippen molar-refractivity contribution in [3.8, 4) is 0 Å². The SMILES string of the molecule is C=C(C)CNCC(=O)N1CCc2sccc2C1. The third-order valence-corrected chi connectivity index (χ3v) is 3.89. The van der Waals surface area contributed by atoms with Crippen LogP contribution in [0.4, 0.5) is 0 Å². The summed E-state index contributed by atoms with van der Waals surface area (Å²) >= 11 is 1.80. The Hall–Kier alpha value is -1.13. The summed E-state index contributed by atoms with van der Waals surface area (Å²) in [6.45, 7) is 8.49. The van der Waals surface area contributed by atoms with Crippen molar-refractivity contribution in [2.24, 2.45) is 0 Å². The minimum Gasteiger partial charge on any atom is -0.337 e. The normalized spacial score (nSPS) is 14.5. The summed E-state index contributed by atoms with van der Waals surface area (Å²) < 4.78 is 0. The van der Waals surface area contributed by atoms with Crippen molar-refractivity contribution in [1.29, 1.82) is 0 Å². The third kappa shape index (κ3) is 3.17. The van der Waals surface area contributed by atoms with Crippen LogP contribution in [0.25, 0.3) is 0 Å². The van der Waals surface area contributed by atoms with Crippen molar-refractivity contribution in [2.45, 2.75) is 19.9 Å². The highest BCUT2D eigenvalue weighted by Gasteiger charge is 2.20. The summed E-state index contributed by atoms with van der Waals surface area (Å²) in [5.74, 6) is 0.183. The maximum atomic E-state index is 11.9. The molecule has 1 aliphatic heterocycles. The molecule has 1 aliphatic rings. The molecule has 0 aromatic carbocycles. The number of carbonyl (C=O) groups is 1. The summed E-state index contributed by atoms with van der Waals surface area (Å²) in [4.78, 5) is 15.3. The molecule has 0 fully saturated rings. The molecule has 3 nitrogen and oxygen atoms in total. The zero-order chi connectivity index (χ0) is 12.3. The van der Waals surface area contributed by atoms with E-state index in [2.05, 4.69) is 23.3 Å². The van der Waals surface area contributed by atoms with Gasteiger partial charge < -0.3 is 10.2 Å². The first-order valence-corrected chi connectivity index (χ1v) is 6.73. The largest absolute Gasteiger partial charge is 0.337 e. The first-order chi connectivity index (χ1) is 8.16. The van der Waals surface area contributed by atoms with Gasteiger partial charge in [-0.2, -0.15) is 0 Å². The highest BCUT2D eigenvalue weighted by Crippen LogP contribution is 2.23. The second-order valence-electron chi connectivity index (χ2n) is 4.49. The van der Waals surface area contributed by atoms with E-state index >= 15 is 0 Å². The molecular formula is C13H18N2OS. The average Bonchev–Trinajstić information content (AvgIpc) is 2.75. The number of nitrogens with one attached hydrogen (secondary N) is 1. The smallest absolute Gasteiger partial charge is 0.236 e. The van der Waals surface area contributed by atoms with Gasteiger partial charge in [0.2, 0.25) is 5.91 Å². The van der Waals surface area contributed by atoms with Crippen LogP contribution in [0, 0.1) is 0 Å². The van der Waals surface area contributed by atoms with Gasteiger partial charge in [-0.3, -0.25) is 4.79 Å². The van der Waals surface area contributed by atoms with Crippen LogP contribution in [0.2, 0.25) is 0 Å². The lowest BCUT2D eigenvalue weighted by Gasteiger charge is -2.27. The topological polar surface area (TPSA) is 32.3 Å². The van der Waals surface area contributed by atoms with Crippen molar-refractivity contribution >= 4 is 17.2 Å². The number of rotatable bonds is 4. The Morgan fingerprint density at radius 2 is 2.41 bits per heavy atom. The van der Waals surface area contributed by atoms with E-state index in [1.54, 1.807) is 11.3 Å². The predicted molar refractivity (Wildman–Crippen MR) is 71.1 cm³/mol. The number of carbonyl (C=O) groups excluding carboxylic acids is 1. The molecule has 0 aliphatic carbocycles. The highest BCUT2D eigenvalue weighted by atomic mass is 32.1. The van der Waals surface area contributed by atoms with E-state index < -0.39 is 0 Å². The molecule has 1 aromatic rings. The summed E-state index contributed by atoms with van der Waals surface area (Å²) in [5.41, 5.74) is 2.37. The average molecular weight is 250 g/mol. The molecule has 0 unspecified atom stereocenters. The molecule has 1 N–H and O–H groups in total. The van der Waals surface area contributed by atoms with Gasteiger partial charge in [0.25, 0.3) is 0 Å². The Balaban J connectivity index is 1.84. The second-order valence-corrected chi connectivity index (χ2v) is 5.50. The van der Waals surface area contributed by atoms with Crippen molar-refractivity contribution < 1.29 is 4.79 Å². The van der Waals surface area contributed by atoms with Crippen LogP contribution in [0.1, 0.15) is 17.4 Å². The van der Waals surface area contributed by atoms with Gasteiger partial charge in [0.1, 0.15) is 0 Å². The molecule has 4 heteroatoms. The predicted octanol–water partition coefficient (Wildman–Crippen LogP) is 1.80. The fourth-order valence-corrected chi connectivity index (χ4v) is 2.85. The molecule has 92 valence electrons. The molecule has 2 heterocycles. The zero-order valence-corrected chi connectivity index (χ0v) is 11.0. The molecule has 0 saturated carbocycles. The molecule has 0 spiro atoms. The van der Waals surface area contributed by atoms with Crippen LogP contribution in [0.3, 0.4) is 0 Å². The lowest BCUT2D eigenvalue weighted by atomic mass is 10.1. The van der Waals surface area contributed by atoms with Gasteiger partial charge in [-0.1, -0.05) is 12.2 Å². The van der Waals surface area contributed by atoms with E-state index in [-0.39, 0.29) is 5.91 Å². The summed E-state index contributed by atoms with van der Waals surface area (Å²) in [6, 6.07) is 2.13. The van der Waals surface area contributed by atoms with Crippen LogP contribution < -0.4 is 5.32 Å². The van der Waals surface area contributed by atoms with Crippen molar-refractivity contribution in [1.82, 2.24) is 10.2 Å². The van der Waals surface area contributed by atoms with Crippen LogP contribution in [0.5, 0.6) is 0 Å². The highest BCUT2D eigenvalue weighted by molar-refractivity contribution is 7.10. The molecule has 1 aromatic heterocycles. The minimum atomic E-state index is 0.183. The van der Waals surface area contributed by atoms with E-state index in [9.17, 15) is 4.79 Å². The van der Waals surface area contributed by atoms with Crippen LogP contribution in [0.15, 0.2) is 23.6 Å². The van der Waals surface area contributed by atoms with E-state index in [1.807, 2.05) is 11.8 Å². The summed E-state index contributed by atoms with van der Waals surface area (Å²) in [5, 5.41) is 5.22. The van der Waals surface area contributed by atoms with E-state index in [1.165, 1.54) is 10.4 Å². The molecule has 2 rings (SSSR count). The Kier molecular flexibility index (Phi) is 3.97. The molecule has 0 atom stereocenters. The molecule has 17 heavy (non-hydrogen) atoms. The van der Waals surface area contributed by atoms with Gasteiger partial charge >= 0.3 is 0 Å². The molecule has 0 bridgehead atoms. The van der Waals surface area contributed by atoms with Crippen LogP contribution in [-0.4, -0.2) is 30.4 Å². The van der Waals surface area contributed by atoms with E-state index in [0.717, 1.165) is 25.1 Å². The Morgan fingerprint density at radius 1 is 1.59 bits per heavy atom. The molecule has 0 saturated heterocycles. The maximum Gasteiger partial charge on any atom is 0.236 e. The van der Waals surface area contributed by atoms with Crippen molar-refractivity contribution in [3.63, 3.8) is 0 Å². The van der Waals surface area contributed by atoms with Crippen molar-refractivity contribution in [2.75, 3.05) is 19.6 Å². The van der Waals surface area contributed by atoms with Gasteiger partial charge in [0.15, 0.2) is 0 Å². The second kappa shape index (κ2) is 5.47. The zero-order valence-electron chi connectivity index (χ0n) is 10.2. The van der Waals surface area contributed by atoms with Crippen molar-refractivity contribution in [3.05, 3.63) is 34.0 Å². The number of fused-ring (bicyclic) bond motifs is 1. The van der Waals surface area contributed by atoms with E-state index in [0.29, 0.717) is 13.1 Å². The standard InChI is InChI=1S/C13H18N2OS/c1-10(2)7-14-8-13(16)15-5-3-12-11(9-15)4-6-17-12/h4,6,14H,1,3,5,7-9H2,2H3.